The number of aryl methyl sites for hydroxylation is 1. The van der Waals surface area contributed by atoms with E-state index in [0.29, 0.717) is 24.9 Å². The van der Waals surface area contributed by atoms with Gasteiger partial charge in [0.15, 0.2) is 0 Å². The maximum atomic E-state index is 14.6. The van der Waals surface area contributed by atoms with Gasteiger partial charge in [0.25, 0.3) is 5.91 Å². The molecule has 194 valence electrons. The molecule has 0 radical (unpaired) electrons. The molecule has 1 fully saturated rings. The summed E-state index contributed by atoms with van der Waals surface area (Å²) in [6.07, 6.45) is -1.03. The van der Waals surface area contributed by atoms with Crippen molar-refractivity contribution in [1.82, 2.24) is 14.5 Å². The standard InChI is InChI=1S/C27H28F3N5O2/c1-15(2)26(37)35-9-8-18(10-16(35)3)20-14-34(4)24-22(20)23(27(28,29)30)21(13-32-24)33-25(36)19-7-5-6-17(11-19)12-31/h5-7,11,13-16,18H,8-10H2,1-4H3,(H,33,36)/t16-,18+/m0/s1. The summed E-state index contributed by atoms with van der Waals surface area (Å²) in [6.45, 7) is 6.04. The van der Waals surface area contributed by atoms with E-state index in [1.807, 2.05) is 26.8 Å². The van der Waals surface area contributed by atoms with Gasteiger partial charge in [-0.1, -0.05) is 19.9 Å². The van der Waals surface area contributed by atoms with Crippen LogP contribution in [0.3, 0.4) is 0 Å². The number of piperidine rings is 1. The third-order valence-corrected chi connectivity index (χ3v) is 6.89. The second-order valence-corrected chi connectivity index (χ2v) is 9.84. The van der Waals surface area contributed by atoms with E-state index >= 15 is 0 Å². The van der Waals surface area contributed by atoms with Crippen LogP contribution in [0.4, 0.5) is 18.9 Å². The molecule has 37 heavy (non-hydrogen) atoms. The fourth-order valence-electron chi connectivity index (χ4n) is 5.11. The van der Waals surface area contributed by atoms with E-state index in [-0.39, 0.29) is 45.9 Å². The van der Waals surface area contributed by atoms with Crippen LogP contribution in [-0.4, -0.2) is 38.9 Å². The van der Waals surface area contributed by atoms with Crippen molar-refractivity contribution in [3.8, 4) is 6.07 Å². The number of carbonyl (C=O) groups excluding carboxylic acids is 2. The first kappa shape index (κ1) is 26.2. The minimum Gasteiger partial charge on any atom is -0.340 e. The zero-order valence-electron chi connectivity index (χ0n) is 21.1. The number of anilines is 1. The van der Waals surface area contributed by atoms with E-state index in [2.05, 4.69) is 10.3 Å². The molecule has 3 heterocycles. The maximum absolute atomic E-state index is 14.6. The first-order valence-electron chi connectivity index (χ1n) is 12.1. The molecule has 0 aliphatic carbocycles. The number of benzene rings is 1. The minimum atomic E-state index is -4.77. The van der Waals surface area contributed by atoms with Crippen LogP contribution in [0, 0.1) is 17.2 Å². The van der Waals surface area contributed by atoms with Crippen molar-refractivity contribution in [3.05, 3.63) is 58.9 Å². The van der Waals surface area contributed by atoms with Gasteiger partial charge in [-0.2, -0.15) is 18.4 Å². The number of rotatable bonds is 4. The number of hydrogen-bond acceptors (Lipinski definition) is 4. The largest absolute Gasteiger partial charge is 0.419 e. The van der Waals surface area contributed by atoms with Crippen molar-refractivity contribution in [2.75, 3.05) is 11.9 Å². The number of carbonyl (C=O) groups is 2. The van der Waals surface area contributed by atoms with Crippen molar-refractivity contribution in [3.63, 3.8) is 0 Å². The second-order valence-electron chi connectivity index (χ2n) is 9.84. The normalized spacial score (nSPS) is 18.2. The molecule has 0 bridgehead atoms. The van der Waals surface area contributed by atoms with Crippen LogP contribution >= 0.6 is 0 Å². The summed E-state index contributed by atoms with van der Waals surface area (Å²) in [5, 5.41) is 11.4. The first-order chi connectivity index (χ1) is 17.4. The molecule has 2 atom stereocenters. The molecule has 4 rings (SSSR count). The van der Waals surface area contributed by atoms with Crippen molar-refractivity contribution in [2.24, 2.45) is 13.0 Å². The molecular weight excluding hydrogens is 483 g/mol. The third kappa shape index (κ3) is 5.03. The molecule has 1 saturated heterocycles. The number of hydrogen-bond donors (Lipinski definition) is 1. The van der Waals surface area contributed by atoms with Crippen LogP contribution in [0.25, 0.3) is 11.0 Å². The average Bonchev–Trinajstić information content (AvgIpc) is 3.18. The number of halogens is 3. The number of nitriles is 1. The van der Waals surface area contributed by atoms with Crippen LogP contribution in [0.15, 0.2) is 36.7 Å². The lowest BCUT2D eigenvalue weighted by Crippen LogP contribution is -2.45. The molecule has 3 aromatic rings. The fourth-order valence-corrected chi connectivity index (χ4v) is 5.11. The van der Waals surface area contributed by atoms with Gasteiger partial charge >= 0.3 is 6.18 Å². The van der Waals surface area contributed by atoms with Crippen molar-refractivity contribution in [2.45, 2.75) is 51.7 Å². The van der Waals surface area contributed by atoms with Gasteiger partial charge in [-0.15, -0.1) is 0 Å². The summed E-state index contributed by atoms with van der Waals surface area (Å²) in [4.78, 5) is 31.5. The Bertz CT molecular complexity index is 1400. The van der Waals surface area contributed by atoms with E-state index < -0.39 is 23.3 Å². The van der Waals surface area contributed by atoms with Crippen LogP contribution in [0.2, 0.25) is 0 Å². The fraction of sp³-hybridized carbons (Fsp3) is 0.407. The van der Waals surface area contributed by atoms with E-state index in [1.54, 1.807) is 22.7 Å². The Morgan fingerprint density at radius 1 is 1.27 bits per heavy atom. The Morgan fingerprint density at radius 2 is 2.00 bits per heavy atom. The van der Waals surface area contributed by atoms with Crippen LogP contribution in [0.1, 0.15) is 66.6 Å². The van der Waals surface area contributed by atoms with Crippen LogP contribution in [-0.2, 0) is 18.0 Å². The number of pyridine rings is 1. The van der Waals surface area contributed by atoms with E-state index in [0.717, 1.165) is 6.20 Å². The summed E-state index contributed by atoms with van der Waals surface area (Å²) in [6, 6.07) is 7.53. The summed E-state index contributed by atoms with van der Waals surface area (Å²) < 4.78 is 45.2. The quantitative estimate of drug-likeness (QED) is 0.503. The van der Waals surface area contributed by atoms with Gasteiger partial charge in [-0.3, -0.25) is 9.59 Å². The van der Waals surface area contributed by atoms with Crippen molar-refractivity contribution < 1.29 is 22.8 Å². The summed E-state index contributed by atoms with van der Waals surface area (Å²) in [5.41, 5.74) is -0.439. The van der Waals surface area contributed by atoms with Gasteiger partial charge < -0.3 is 14.8 Å². The number of likely N-dealkylation sites (tertiary alicyclic amines) is 1. The topological polar surface area (TPSA) is 91.0 Å². The zero-order chi connectivity index (χ0) is 27.1. The molecule has 1 N–H and O–H groups in total. The van der Waals surface area contributed by atoms with E-state index in [9.17, 15) is 22.8 Å². The molecule has 1 aliphatic heterocycles. The molecule has 7 nitrogen and oxygen atoms in total. The number of nitrogens with zero attached hydrogens (tertiary/aromatic N) is 4. The van der Waals surface area contributed by atoms with E-state index in [1.165, 1.54) is 24.3 Å². The maximum Gasteiger partial charge on any atom is 0.419 e. The SMILES string of the molecule is CC(C)C(=O)N1CC[C@@H](c2cn(C)c3ncc(NC(=O)c4cccc(C#N)c4)c(C(F)(F)F)c23)C[C@@H]1C. The lowest BCUT2D eigenvalue weighted by atomic mass is 9.84. The highest BCUT2D eigenvalue weighted by Gasteiger charge is 2.40. The molecule has 0 saturated carbocycles. The lowest BCUT2D eigenvalue weighted by Gasteiger charge is -2.38. The van der Waals surface area contributed by atoms with Gasteiger partial charge in [0.1, 0.15) is 5.65 Å². The Balaban J connectivity index is 1.76. The predicted molar refractivity (Wildman–Crippen MR) is 133 cm³/mol. The highest BCUT2D eigenvalue weighted by molar-refractivity contribution is 6.06. The molecule has 1 aliphatic rings. The second kappa shape index (κ2) is 9.88. The molecule has 2 aromatic heterocycles. The first-order valence-corrected chi connectivity index (χ1v) is 12.1. The van der Waals surface area contributed by atoms with Crippen molar-refractivity contribution >= 4 is 28.5 Å². The highest BCUT2D eigenvalue weighted by Crippen LogP contribution is 2.45. The zero-order valence-corrected chi connectivity index (χ0v) is 21.1. The average molecular weight is 512 g/mol. The smallest absolute Gasteiger partial charge is 0.340 e. The highest BCUT2D eigenvalue weighted by atomic mass is 19.4. The van der Waals surface area contributed by atoms with Gasteiger partial charge in [-0.05, 0) is 49.4 Å². The molecule has 0 spiro atoms. The van der Waals surface area contributed by atoms with E-state index in [4.69, 9.17) is 5.26 Å². The van der Waals surface area contributed by atoms with Crippen LogP contribution in [0.5, 0.6) is 0 Å². The number of fused-ring (bicyclic) bond motifs is 1. The molecule has 2 amide bonds. The van der Waals surface area contributed by atoms with Gasteiger partial charge in [0, 0.05) is 42.7 Å². The summed E-state index contributed by atoms with van der Waals surface area (Å²) in [7, 11) is 1.64. The summed E-state index contributed by atoms with van der Waals surface area (Å²) in [5.74, 6) is -1.10. The number of alkyl halides is 3. The monoisotopic (exact) mass is 511 g/mol. The lowest BCUT2D eigenvalue weighted by molar-refractivity contribution is -0.138. The Hall–Kier alpha value is -3.87. The predicted octanol–water partition coefficient (Wildman–Crippen LogP) is 5.47. The molecule has 10 heteroatoms. The number of amides is 2. The Labute approximate surface area is 212 Å². The Morgan fingerprint density at radius 3 is 2.62 bits per heavy atom. The molecular formula is C27H28F3N5O2. The van der Waals surface area contributed by atoms with Gasteiger partial charge in [-0.25, -0.2) is 4.98 Å². The number of nitrogens with one attached hydrogen (secondary N) is 1. The molecule has 0 unspecified atom stereocenters. The molecule has 1 aromatic carbocycles. The summed E-state index contributed by atoms with van der Waals surface area (Å²) >= 11 is 0. The Kier molecular flexibility index (Phi) is 7.00. The van der Waals surface area contributed by atoms with Crippen LogP contribution < -0.4 is 5.32 Å². The van der Waals surface area contributed by atoms with Gasteiger partial charge in [0.05, 0.1) is 29.1 Å². The number of aromatic nitrogens is 2. The minimum absolute atomic E-state index is 0.0342. The van der Waals surface area contributed by atoms with Crippen molar-refractivity contribution in [1.29, 1.82) is 5.26 Å². The third-order valence-electron chi connectivity index (χ3n) is 6.89. The van der Waals surface area contributed by atoms with Gasteiger partial charge in [0.2, 0.25) is 5.91 Å².